The zero-order valence-corrected chi connectivity index (χ0v) is 15.9. The molecular weight excluding hydrogens is 375 g/mol. The summed E-state index contributed by atoms with van der Waals surface area (Å²) in [5, 5.41) is 0. The topological polar surface area (TPSA) is 26.3 Å². The molecule has 0 aromatic rings. The molecule has 0 saturated carbocycles. The first-order valence-corrected chi connectivity index (χ1v) is 9.14. The molecule has 0 aromatic carbocycles. The van der Waals surface area contributed by atoms with Gasteiger partial charge in [-0.2, -0.15) is 0 Å². The van der Waals surface area contributed by atoms with Crippen molar-refractivity contribution in [2.24, 2.45) is 23.7 Å². The van der Waals surface area contributed by atoms with Gasteiger partial charge >= 0.3 is 5.97 Å². The van der Waals surface area contributed by atoms with Crippen LogP contribution in [0.2, 0.25) is 0 Å². The molecule has 0 bridgehead atoms. The summed E-state index contributed by atoms with van der Waals surface area (Å²) in [5.74, 6) is 1.83. The second-order valence-corrected chi connectivity index (χ2v) is 9.36. The molecule has 2 nitrogen and oxygen atoms in total. The molecule has 0 saturated heterocycles. The highest BCUT2D eigenvalue weighted by atomic mass is 127. The largest absolute Gasteiger partial charge is 0.461 e. The molecule has 0 N–H and O–H groups in total. The molecule has 0 radical (unpaired) electrons. The van der Waals surface area contributed by atoms with Crippen LogP contribution in [0.25, 0.3) is 0 Å². The monoisotopic (exact) mass is 402 g/mol. The normalized spacial score (nSPS) is 38.2. The standard InChI is InChI=1S/C18H27IO2/c1-6-18(5,19)17(20)21-15-10-11(2)9-14-8-7-12(3)13(4)16(14)15/h7-9,11-13,15-16H,6,10H2,1-5H3. The van der Waals surface area contributed by atoms with Gasteiger partial charge in [-0.1, -0.05) is 68.5 Å². The van der Waals surface area contributed by atoms with Crippen molar-refractivity contribution in [3.05, 3.63) is 23.8 Å². The van der Waals surface area contributed by atoms with Crippen LogP contribution in [-0.4, -0.2) is 15.5 Å². The van der Waals surface area contributed by atoms with Crippen molar-refractivity contribution in [3.63, 3.8) is 0 Å². The molecular formula is C18H27IO2. The van der Waals surface area contributed by atoms with E-state index in [9.17, 15) is 4.79 Å². The van der Waals surface area contributed by atoms with E-state index in [1.165, 1.54) is 5.57 Å². The Kier molecular flexibility index (Phi) is 5.22. The quantitative estimate of drug-likeness (QED) is 0.380. The van der Waals surface area contributed by atoms with E-state index < -0.39 is 3.42 Å². The molecule has 0 aromatic heterocycles. The van der Waals surface area contributed by atoms with Crippen molar-refractivity contribution < 1.29 is 9.53 Å². The molecule has 2 aliphatic rings. The molecule has 0 aliphatic heterocycles. The molecule has 2 aliphatic carbocycles. The Balaban J connectivity index is 2.22. The number of alkyl halides is 1. The first kappa shape index (κ1) is 17.0. The molecule has 118 valence electrons. The van der Waals surface area contributed by atoms with Gasteiger partial charge in [-0.15, -0.1) is 0 Å². The number of esters is 1. The Morgan fingerprint density at radius 2 is 2.10 bits per heavy atom. The number of allylic oxidation sites excluding steroid dienone is 3. The van der Waals surface area contributed by atoms with Gasteiger partial charge < -0.3 is 4.74 Å². The lowest BCUT2D eigenvalue weighted by Crippen LogP contribution is -2.42. The van der Waals surface area contributed by atoms with Crippen LogP contribution in [0.3, 0.4) is 0 Å². The van der Waals surface area contributed by atoms with Crippen molar-refractivity contribution in [3.8, 4) is 0 Å². The fourth-order valence-electron chi connectivity index (χ4n) is 3.34. The molecule has 3 heteroatoms. The van der Waals surface area contributed by atoms with Crippen molar-refractivity contribution in [2.75, 3.05) is 0 Å². The number of ether oxygens (including phenoxy) is 1. The molecule has 6 unspecified atom stereocenters. The summed E-state index contributed by atoms with van der Waals surface area (Å²) in [6, 6.07) is 0. The Hall–Kier alpha value is -0.320. The van der Waals surface area contributed by atoms with Gasteiger partial charge in [-0.05, 0) is 43.1 Å². The van der Waals surface area contributed by atoms with E-state index in [0.717, 1.165) is 12.8 Å². The summed E-state index contributed by atoms with van der Waals surface area (Å²) in [6.07, 6.45) is 8.66. The van der Waals surface area contributed by atoms with Crippen molar-refractivity contribution >= 4 is 28.6 Å². The SMILES string of the molecule is CCC(C)(I)C(=O)OC1CC(C)C=C2C=CC(C)C(C)C21. The van der Waals surface area contributed by atoms with Crippen molar-refractivity contribution in [1.29, 1.82) is 0 Å². The Morgan fingerprint density at radius 3 is 2.71 bits per heavy atom. The van der Waals surface area contributed by atoms with Crippen LogP contribution in [0.15, 0.2) is 23.8 Å². The highest BCUT2D eigenvalue weighted by Crippen LogP contribution is 2.43. The summed E-state index contributed by atoms with van der Waals surface area (Å²) in [7, 11) is 0. The fourth-order valence-corrected chi connectivity index (χ4v) is 3.46. The van der Waals surface area contributed by atoms with E-state index in [0.29, 0.717) is 23.7 Å². The second-order valence-electron chi connectivity index (χ2n) is 6.98. The van der Waals surface area contributed by atoms with E-state index in [2.05, 4.69) is 61.6 Å². The number of rotatable bonds is 3. The number of fused-ring (bicyclic) bond motifs is 1. The van der Waals surface area contributed by atoms with E-state index in [4.69, 9.17) is 4.74 Å². The Labute approximate surface area is 142 Å². The van der Waals surface area contributed by atoms with Gasteiger partial charge in [0.25, 0.3) is 0 Å². The van der Waals surface area contributed by atoms with Crippen LogP contribution in [0.5, 0.6) is 0 Å². The van der Waals surface area contributed by atoms with Crippen molar-refractivity contribution in [2.45, 2.75) is 57.0 Å². The molecule has 6 atom stereocenters. The number of hydrogen-bond donors (Lipinski definition) is 0. The Morgan fingerprint density at radius 1 is 1.43 bits per heavy atom. The minimum Gasteiger partial charge on any atom is -0.461 e. The van der Waals surface area contributed by atoms with Crippen LogP contribution >= 0.6 is 22.6 Å². The average molecular weight is 402 g/mol. The van der Waals surface area contributed by atoms with Gasteiger partial charge in [0, 0.05) is 5.92 Å². The van der Waals surface area contributed by atoms with Crippen LogP contribution < -0.4 is 0 Å². The minimum absolute atomic E-state index is 0.0236. The van der Waals surface area contributed by atoms with Gasteiger partial charge in [-0.3, -0.25) is 4.79 Å². The van der Waals surface area contributed by atoms with Crippen LogP contribution in [-0.2, 0) is 9.53 Å². The first-order valence-electron chi connectivity index (χ1n) is 8.06. The summed E-state index contributed by atoms with van der Waals surface area (Å²) in [6.45, 7) is 10.8. The highest BCUT2D eigenvalue weighted by Gasteiger charge is 2.41. The molecule has 0 fully saturated rings. The van der Waals surface area contributed by atoms with Crippen LogP contribution in [0, 0.1) is 23.7 Å². The lowest BCUT2D eigenvalue weighted by Gasteiger charge is -2.42. The summed E-state index contributed by atoms with van der Waals surface area (Å²) in [5.41, 5.74) is 1.36. The molecule has 0 heterocycles. The number of hydrogen-bond acceptors (Lipinski definition) is 2. The van der Waals surface area contributed by atoms with Crippen molar-refractivity contribution in [1.82, 2.24) is 0 Å². The van der Waals surface area contributed by atoms with E-state index in [1.807, 2.05) is 13.8 Å². The lowest BCUT2D eigenvalue weighted by molar-refractivity contribution is -0.155. The lowest BCUT2D eigenvalue weighted by atomic mass is 9.67. The third-order valence-electron chi connectivity index (χ3n) is 5.20. The maximum Gasteiger partial charge on any atom is 0.322 e. The average Bonchev–Trinajstić information content (AvgIpc) is 2.42. The molecule has 2 rings (SSSR count). The number of carbonyl (C=O) groups is 1. The second kappa shape index (κ2) is 6.43. The molecule has 21 heavy (non-hydrogen) atoms. The van der Waals surface area contributed by atoms with E-state index in [1.54, 1.807) is 0 Å². The number of halogens is 1. The Bertz CT molecular complexity index is 464. The first-order chi connectivity index (χ1) is 9.76. The zero-order valence-electron chi connectivity index (χ0n) is 13.7. The maximum absolute atomic E-state index is 12.5. The third kappa shape index (κ3) is 3.54. The smallest absolute Gasteiger partial charge is 0.322 e. The van der Waals surface area contributed by atoms with Gasteiger partial charge in [0.1, 0.15) is 9.53 Å². The maximum atomic E-state index is 12.5. The van der Waals surface area contributed by atoms with Crippen LogP contribution in [0.1, 0.15) is 47.5 Å². The fraction of sp³-hybridized carbons (Fsp3) is 0.722. The van der Waals surface area contributed by atoms with Gasteiger partial charge in [0.2, 0.25) is 0 Å². The predicted molar refractivity (Wildman–Crippen MR) is 95.4 cm³/mol. The summed E-state index contributed by atoms with van der Waals surface area (Å²) < 4.78 is 5.57. The van der Waals surface area contributed by atoms with E-state index >= 15 is 0 Å². The third-order valence-corrected chi connectivity index (χ3v) is 6.41. The van der Waals surface area contributed by atoms with E-state index in [-0.39, 0.29) is 12.1 Å². The molecule has 0 amide bonds. The number of carbonyl (C=O) groups excluding carboxylic acids is 1. The summed E-state index contributed by atoms with van der Waals surface area (Å²) in [4.78, 5) is 12.5. The minimum atomic E-state index is -0.415. The molecule has 0 spiro atoms. The van der Waals surface area contributed by atoms with Gasteiger partial charge in [0.15, 0.2) is 0 Å². The van der Waals surface area contributed by atoms with Gasteiger partial charge in [-0.25, -0.2) is 0 Å². The van der Waals surface area contributed by atoms with Crippen LogP contribution in [0.4, 0.5) is 0 Å². The van der Waals surface area contributed by atoms with Gasteiger partial charge in [0.05, 0.1) is 0 Å². The predicted octanol–water partition coefficient (Wildman–Crippen LogP) is 4.93. The highest BCUT2D eigenvalue weighted by molar-refractivity contribution is 14.1. The zero-order chi connectivity index (χ0) is 15.8. The summed E-state index contributed by atoms with van der Waals surface area (Å²) >= 11 is 2.22.